The normalized spacial score (nSPS) is 22.7. The summed E-state index contributed by atoms with van der Waals surface area (Å²) < 4.78 is 11.5. The third-order valence-corrected chi connectivity index (χ3v) is 6.48. The molecule has 0 aromatic heterocycles. The maximum atomic E-state index is 13.0. The Balaban J connectivity index is 1.73. The van der Waals surface area contributed by atoms with Crippen LogP contribution in [-0.2, 0) is 16.0 Å². The summed E-state index contributed by atoms with van der Waals surface area (Å²) >= 11 is 0. The van der Waals surface area contributed by atoms with Crippen molar-refractivity contribution in [3.05, 3.63) is 29.8 Å². The van der Waals surface area contributed by atoms with Gasteiger partial charge in [0.25, 0.3) is 5.91 Å². The van der Waals surface area contributed by atoms with Crippen molar-refractivity contribution in [2.24, 2.45) is 0 Å². The number of hydrogen-bond acceptors (Lipinski definition) is 4. The molecule has 1 unspecified atom stereocenters. The number of rotatable bonds is 2. The molecule has 2 aliphatic heterocycles. The highest BCUT2D eigenvalue weighted by Crippen LogP contribution is 2.24. The first-order chi connectivity index (χ1) is 14.0. The Bertz CT molecular complexity index is 661. The second-order valence-corrected chi connectivity index (χ2v) is 8.93. The average molecular weight is 403 g/mol. The van der Waals surface area contributed by atoms with Crippen LogP contribution in [0.4, 0.5) is 0 Å². The molecule has 1 fully saturated rings. The molecule has 1 amide bonds. The predicted molar refractivity (Wildman–Crippen MR) is 116 cm³/mol. The molecule has 0 aliphatic carbocycles. The van der Waals surface area contributed by atoms with Crippen LogP contribution in [0.3, 0.4) is 0 Å². The van der Waals surface area contributed by atoms with Gasteiger partial charge in [-0.3, -0.25) is 4.79 Å². The number of methoxy groups -OCH3 is 1. The molecule has 0 spiro atoms. The third kappa shape index (κ3) is 6.19. The van der Waals surface area contributed by atoms with E-state index in [1.807, 2.05) is 24.8 Å². The minimum atomic E-state index is -0.805. The summed E-state index contributed by atoms with van der Waals surface area (Å²) in [6, 6.07) is 9.15. The van der Waals surface area contributed by atoms with Crippen molar-refractivity contribution in [3.8, 4) is 5.75 Å². The highest BCUT2D eigenvalue weighted by molar-refractivity contribution is 5.84. The van der Waals surface area contributed by atoms with Gasteiger partial charge in [-0.2, -0.15) is 0 Å². The van der Waals surface area contributed by atoms with E-state index >= 15 is 0 Å². The zero-order valence-corrected chi connectivity index (χ0v) is 18.5. The largest absolute Gasteiger partial charge is 0.492 e. The zero-order valence-electron chi connectivity index (χ0n) is 18.5. The number of carbonyl (C=O) groups excluding carboxylic acids is 1. The van der Waals surface area contributed by atoms with Crippen LogP contribution >= 0.6 is 0 Å². The molecule has 2 bridgehead atoms. The van der Waals surface area contributed by atoms with Crippen molar-refractivity contribution in [1.29, 1.82) is 0 Å². The van der Waals surface area contributed by atoms with Gasteiger partial charge in [0.05, 0.1) is 6.54 Å². The molecule has 3 rings (SSSR count). The monoisotopic (exact) mass is 402 g/mol. The second kappa shape index (κ2) is 10.4. The van der Waals surface area contributed by atoms with Crippen LogP contribution in [-0.4, -0.2) is 67.2 Å². The summed E-state index contributed by atoms with van der Waals surface area (Å²) in [5.74, 6) is 0.939. The molecule has 2 aliphatic rings. The molecule has 1 aromatic carbocycles. The van der Waals surface area contributed by atoms with Gasteiger partial charge in [0.15, 0.2) is 0 Å². The fourth-order valence-corrected chi connectivity index (χ4v) is 4.48. The van der Waals surface area contributed by atoms with E-state index in [1.54, 1.807) is 7.11 Å². The number of ether oxygens (including phenoxy) is 2. The number of hydrogen-bond donors (Lipinski definition) is 0. The molecule has 29 heavy (non-hydrogen) atoms. The number of carbonyl (C=O) groups is 1. The molecule has 1 saturated heterocycles. The first-order valence-electron chi connectivity index (χ1n) is 11.3. The number of benzene rings is 1. The molecule has 0 radical (unpaired) electrons. The van der Waals surface area contributed by atoms with Crippen LogP contribution in [0.1, 0.15) is 57.9 Å². The SMILES string of the molecule is COC(C)(C)C(=O)N1CCCCN2CCCCC2CCc2cccc(c2)OCC1. The van der Waals surface area contributed by atoms with Crippen molar-refractivity contribution < 1.29 is 14.3 Å². The van der Waals surface area contributed by atoms with Crippen LogP contribution in [0.2, 0.25) is 0 Å². The molecule has 162 valence electrons. The number of nitrogens with zero attached hydrogens (tertiary/aromatic N) is 2. The fourth-order valence-electron chi connectivity index (χ4n) is 4.48. The van der Waals surface area contributed by atoms with Gasteiger partial charge in [-0.1, -0.05) is 18.6 Å². The van der Waals surface area contributed by atoms with Gasteiger partial charge in [0.2, 0.25) is 0 Å². The summed E-state index contributed by atoms with van der Waals surface area (Å²) in [6.07, 6.45) is 8.43. The van der Waals surface area contributed by atoms with E-state index in [-0.39, 0.29) is 5.91 Å². The molecular formula is C24H38N2O3. The van der Waals surface area contributed by atoms with E-state index in [9.17, 15) is 4.79 Å². The van der Waals surface area contributed by atoms with Gasteiger partial charge < -0.3 is 19.3 Å². The predicted octanol–water partition coefficient (Wildman–Crippen LogP) is 3.90. The van der Waals surface area contributed by atoms with Crippen LogP contribution in [0.25, 0.3) is 0 Å². The molecule has 5 heteroatoms. The van der Waals surface area contributed by atoms with Gasteiger partial charge >= 0.3 is 0 Å². The first-order valence-corrected chi connectivity index (χ1v) is 11.3. The average Bonchev–Trinajstić information content (AvgIpc) is 2.74. The highest BCUT2D eigenvalue weighted by Gasteiger charge is 2.31. The van der Waals surface area contributed by atoms with E-state index < -0.39 is 5.60 Å². The van der Waals surface area contributed by atoms with Gasteiger partial charge in [0.1, 0.15) is 18.0 Å². The number of aryl methyl sites for hydroxylation is 1. The number of amides is 1. The topological polar surface area (TPSA) is 42.0 Å². The maximum absolute atomic E-state index is 13.0. The Morgan fingerprint density at radius 2 is 1.83 bits per heavy atom. The molecule has 1 aromatic rings. The van der Waals surface area contributed by atoms with Crippen LogP contribution in [0.15, 0.2) is 24.3 Å². The van der Waals surface area contributed by atoms with E-state index in [0.29, 0.717) is 19.2 Å². The van der Waals surface area contributed by atoms with Gasteiger partial charge in [0, 0.05) is 19.7 Å². The maximum Gasteiger partial charge on any atom is 0.254 e. The minimum absolute atomic E-state index is 0.0394. The Morgan fingerprint density at radius 1 is 1.07 bits per heavy atom. The quantitative estimate of drug-likeness (QED) is 0.752. The highest BCUT2D eigenvalue weighted by atomic mass is 16.5. The summed E-state index contributed by atoms with van der Waals surface area (Å²) in [6.45, 7) is 7.88. The summed E-state index contributed by atoms with van der Waals surface area (Å²) in [5.41, 5.74) is 0.539. The summed E-state index contributed by atoms with van der Waals surface area (Å²) in [4.78, 5) is 17.6. The lowest BCUT2D eigenvalue weighted by Gasteiger charge is -2.36. The van der Waals surface area contributed by atoms with Crippen molar-refractivity contribution in [2.75, 3.05) is 39.9 Å². The Morgan fingerprint density at radius 3 is 2.62 bits per heavy atom. The van der Waals surface area contributed by atoms with E-state index in [2.05, 4.69) is 23.1 Å². The fraction of sp³-hybridized carbons (Fsp3) is 0.708. The Hall–Kier alpha value is -1.59. The van der Waals surface area contributed by atoms with E-state index in [4.69, 9.17) is 9.47 Å². The lowest BCUT2D eigenvalue weighted by Crippen LogP contribution is -2.48. The molecule has 0 N–H and O–H groups in total. The van der Waals surface area contributed by atoms with Gasteiger partial charge in [-0.05, 0) is 83.2 Å². The van der Waals surface area contributed by atoms with Crippen molar-refractivity contribution in [3.63, 3.8) is 0 Å². The summed E-state index contributed by atoms with van der Waals surface area (Å²) in [5, 5.41) is 0. The van der Waals surface area contributed by atoms with Crippen molar-refractivity contribution >= 4 is 5.91 Å². The minimum Gasteiger partial charge on any atom is -0.492 e. The molecular weight excluding hydrogens is 364 g/mol. The second-order valence-electron chi connectivity index (χ2n) is 8.93. The van der Waals surface area contributed by atoms with E-state index in [0.717, 1.165) is 38.1 Å². The molecule has 0 saturated carbocycles. The standard InChI is InChI=1S/C24H38N2O3/c1-24(2,28-3)23(27)26-16-7-6-15-25-14-5-4-10-21(25)13-12-20-9-8-11-22(19-20)29-18-17-26/h8-9,11,19,21H,4-7,10,12-18H2,1-3H3. The van der Waals surface area contributed by atoms with Crippen LogP contribution < -0.4 is 4.74 Å². The van der Waals surface area contributed by atoms with E-state index in [1.165, 1.54) is 37.8 Å². The first kappa shape index (κ1) is 22.1. The Kier molecular flexibility index (Phi) is 7.96. The van der Waals surface area contributed by atoms with Gasteiger partial charge in [-0.25, -0.2) is 0 Å². The lowest BCUT2D eigenvalue weighted by atomic mass is 9.95. The lowest BCUT2D eigenvalue weighted by molar-refractivity contribution is -0.151. The zero-order chi connectivity index (χ0) is 20.7. The smallest absolute Gasteiger partial charge is 0.254 e. The molecule has 2 heterocycles. The van der Waals surface area contributed by atoms with Crippen molar-refractivity contribution in [1.82, 2.24) is 9.80 Å². The molecule has 1 atom stereocenters. The number of fused-ring (bicyclic) bond motifs is 3. The van der Waals surface area contributed by atoms with Crippen LogP contribution in [0, 0.1) is 0 Å². The van der Waals surface area contributed by atoms with Gasteiger partial charge in [-0.15, -0.1) is 0 Å². The Labute approximate surface area is 176 Å². The third-order valence-electron chi connectivity index (χ3n) is 6.48. The van der Waals surface area contributed by atoms with Crippen molar-refractivity contribution in [2.45, 2.75) is 70.4 Å². The number of piperidine rings is 1. The molecule has 5 nitrogen and oxygen atoms in total. The summed E-state index contributed by atoms with van der Waals surface area (Å²) in [7, 11) is 1.60. The van der Waals surface area contributed by atoms with Crippen LogP contribution in [0.5, 0.6) is 5.75 Å².